The average Bonchev–Trinajstić information content (AvgIpc) is 3.02. The summed E-state index contributed by atoms with van der Waals surface area (Å²) in [5, 5.41) is 0. The first-order chi connectivity index (χ1) is 22.8. The molecule has 0 nitrogen and oxygen atoms in total. The summed E-state index contributed by atoms with van der Waals surface area (Å²) in [6.45, 7) is 0. The lowest BCUT2D eigenvalue weighted by Gasteiger charge is -2.12. The van der Waals surface area contributed by atoms with Gasteiger partial charge in [-0.05, 0) is 0 Å². The summed E-state index contributed by atoms with van der Waals surface area (Å²) in [6, 6.07) is 53.5. The van der Waals surface area contributed by atoms with E-state index in [4.69, 9.17) is 0 Å². The molecule has 0 bridgehead atoms. The van der Waals surface area contributed by atoms with Gasteiger partial charge in [0, 0.05) is 55.2 Å². The first kappa shape index (κ1) is 38.8. The Bertz CT molecular complexity index is 1340. The van der Waals surface area contributed by atoms with Crippen molar-refractivity contribution in [1.82, 2.24) is 0 Å². The standard InChI is InChI=1S/C36H36S2.2BF4/c1-5-13-31(14-6-1)25-37(26-32-15-7-2-8-16-32)29-35-21-23-36(24-22-35)30-38(27-33-17-9-3-10-18-33)28-34-19-11-4-12-20-34;2*2-1(3,4)5/h1-24H,25-30H2;;/q+2;2*-1. The minimum atomic E-state index is -6.00. The SMILES string of the molecule is F[B-](F)(F)F.F[B-](F)(F)F.c1ccc(C[S+](Cc2ccccc2)Cc2ccc(C[S+](Cc3ccccc3)Cc3ccccc3)cc2)cc1. The summed E-state index contributed by atoms with van der Waals surface area (Å²) >= 11 is 0. The maximum Gasteiger partial charge on any atom is 0.673 e. The van der Waals surface area contributed by atoms with Gasteiger partial charge in [-0.15, -0.1) is 0 Å². The summed E-state index contributed by atoms with van der Waals surface area (Å²) in [4.78, 5) is 0. The molecule has 0 heterocycles. The Morgan fingerprint density at radius 1 is 0.271 bits per heavy atom. The molecule has 0 fully saturated rings. The van der Waals surface area contributed by atoms with E-state index in [2.05, 4.69) is 146 Å². The molecule has 0 aliphatic carbocycles. The van der Waals surface area contributed by atoms with Gasteiger partial charge < -0.3 is 34.5 Å². The van der Waals surface area contributed by atoms with Gasteiger partial charge in [0.15, 0.2) is 0 Å². The van der Waals surface area contributed by atoms with Gasteiger partial charge in [-0.3, -0.25) is 0 Å². The second-order valence-corrected chi connectivity index (χ2v) is 15.0. The van der Waals surface area contributed by atoms with Crippen LogP contribution in [0, 0.1) is 0 Å². The predicted molar refractivity (Wildman–Crippen MR) is 190 cm³/mol. The molecule has 48 heavy (non-hydrogen) atoms. The van der Waals surface area contributed by atoms with Gasteiger partial charge in [-0.25, -0.2) is 0 Å². The Morgan fingerprint density at radius 2 is 0.417 bits per heavy atom. The van der Waals surface area contributed by atoms with Crippen LogP contribution in [0.1, 0.15) is 33.4 Å². The largest absolute Gasteiger partial charge is 0.673 e. The number of hydrogen-bond donors (Lipinski definition) is 0. The Labute approximate surface area is 283 Å². The minimum absolute atomic E-state index is 0.254. The van der Waals surface area contributed by atoms with Crippen molar-refractivity contribution in [2.75, 3.05) is 0 Å². The molecule has 0 aliphatic rings. The van der Waals surface area contributed by atoms with Crippen molar-refractivity contribution < 1.29 is 34.5 Å². The summed E-state index contributed by atoms with van der Waals surface area (Å²) in [7, 11) is -11.5. The fraction of sp³-hybridized carbons (Fsp3) is 0.167. The van der Waals surface area contributed by atoms with Crippen LogP contribution < -0.4 is 0 Å². The zero-order valence-corrected chi connectivity index (χ0v) is 27.7. The number of halogens is 8. The highest BCUT2D eigenvalue weighted by atomic mass is 32.2. The maximum absolute atomic E-state index is 9.75. The van der Waals surface area contributed by atoms with Crippen LogP contribution in [0.4, 0.5) is 34.5 Å². The smallest absolute Gasteiger partial charge is 0.418 e. The molecule has 254 valence electrons. The summed E-state index contributed by atoms with van der Waals surface area (Å²) in [6.07, 6.45) is 0. The first-order valence-corrected chi connectivity index (χ1v) is 18.5. The number of rotatable bonds is 12. The van der Waals surface area contributed by atoms with Gasteiger partial charge in [-0.2, -0.15) is 0 Å². The van der Waals surface area contributed by atoms with Crippen molar-refractivity contribution in [3.05, 3.63) is 179 Å². The molecule has 0 saturated heterocycles. The molecular weight excluding hydrogens is 670 g/mol. The zero-order valence-electron chi connectivity index (χ0n) is 26.1. The van der Waals surface area contributed by atoms with E-state index < -0.39 is 14.5 Å². The molecule has 0 amide bonds. The van der Waals surface area contributed by atoms with E-state index in [0.29, 0.717) is 0 Å². The van der Waals surface area contributed by atoms with Gasteiger partial charge in [0.25, 0.3) is 0 Å². The third-order valence-corrected chi connectivity index (χ3v) is 11.1. The molecule has 5 aromatic carbocycles. The monoisotopic (exact) mass is 706 g/mol. The van der Waals surface area contributed by atoms with Crippen LogP contribution >= 0.6 is 0 Å². The van der Waals surface area contributed by atoms with E-state index >= 15 is 0 Å². The quantitative estimate of drug-likeness (QED) is 0.0688. The fourth-order valence-electron chi connectivity index (χ4n) is 4.75. The Hall–Kier alpha value is -3.63. The lowest BCUT2D eigenvalue weighted by atomic mass is 10.2. The highest BCUT2D eigenvalue weighted by Gasteiger charge is 2.23. The molecule has 12 heteroatoms. The van der Waals surface area contributed by atoms with Crippen LogP contribution in [0.25, 0.3) is 0 Å². The lowest BCUT2D eigenvalue weighted by molar-refractivity contribution is 0.366. The molecule has 0 saturated carbocycles. The number of hydrogen-bond acceptors (Lipinski definition) is 0. The highest BCUT2D eigenvalue weighted by molar-refractivity contribution is 7.94. The molecular formula is C36H36B2F8S2. The molecule has 0 atom stereocenters. The van der Waals surface area contributed by atoms with Crippen molar-refractivity contribution >= 4 is 36.3 Å². The molecule has 0 N–H and O–H groups in total. The van der Waals surface area contributed by atoms with Crippen LogP contribution in [-0.4, -0.2) is 14.5 Å². The summed E-state index contributed by atoms with van der Waals surface area (Å²) in [5.41, 5.74) is 8.66. The molecule has 5 aromatic rings. The van der Waals surface area contributed by atoms with Gasteiger partial charge in [-0.1, -0.05) is 146 Å². The van der Waals surface area contributed by atoms with Crippen molar-refractivity contribution in [2.24, 2.45) is 0 Å². The van der Waals surface area contributed by atoms with E-state index in [1.807, 2.05) is 0 Å². The van der Waals surface area contributed by atoms with Crippen molar-refractivity contribution in [2.45, 2.75) is 34.5 Å². The molecule has 0 unspecified atom stereocenters. The summed E-state index contributed by atoms with van der Waals surface area (Å²) < 4.78 is 78.0. The summed E-state index contributed by atoms with van der Waals surface area (Å²) in [5.74, 6) is 6.79. The second kappa shape index (κ2) is 20.0. The van der Waals surface area contributed by atoms with Crippen molar-refractivity contribution in [1.29, 1.82) is 0 Å². The number of benzene rings is 5. The Morgan fingerprint density at radius 3 is 0.583 bits per heavy atom. The molecule has 0 radical (unpaired) electrons. The molecule has 0 aromatic heterocycles. The maximum atomic E-state index is 9.75. The van der Waals surface area contributed by atoms with Crippen molar-refractivity contribution in [3.63, 3.8) is 0 Å². The van der Waals surface area contributed by atoms with Crippen LogP contribution in [-0.2, 0) is 56.3 Å². The van der Waals surface area contributed by atoms with Crippen LogP contribution in [0.5, 0.6) is 0 Å². The third kappa shape index (κ3) is 18.6. The van der Waals surface area contributed by atoms with Gasteiger partial charge in [0.2, 0.25) is 0 Å². The third-order valence-electron chi connectivity index (χ3n) is 6.62. The van der Waals surface area contributed by atoms with Crippen molar-refractivity contribution in [3.8, 4) is 0 Å². The molecule has 0 aliphatic heterocycles. The second-order valence-electron chi connectivity index (χ2n) is 10.8. The lowest BCUT2D eigenvalue weighted by Crippen LogP contribution is -2.13. The fourth-order valence-corrected chi connectivity index (χ4v) is 9.34. The van der Waals surface area contributed by atoms with E-state index in [-0.39, 0.29) is 21.8 Å². The first-order valence-electron chi connectivity index (χ1n) is 15.1. The highest BCUT2D eigenvalue weighted by Crippen LogP contribution is 2.23. The normalized spacial score (nSPS) is 11.4. The minimum Gasteiger partial charge on any atom is -0.418 e. The Balaban J connectivity index is 0.000000548. The van der Waals surface area contributed by atoms with E-state index in [1.54, 1.807) is 0 Å². The van der Waals surface area contributed by atoms with Crippen LogP contribution in [0.3, 0.4) is 0 Å². The topological polar surface area (TPSA) is 0 Å². The van der Waals surface area contributed by atoms with E-state index in [1.165, 1.54) is 33.4 Å². The zero-order chi connectivity index (χ0) is 34.8. The predicted octanol–water partition coefficient (Wildman–Crippen LogP) is 11.3. The Kier molecular flexibility index (Phi) is 16.2. The van der Waals surface area contributed by atoms with Gasteiger partial charge in [0.05, 0.1) is 0 Å². The molecule has 5 rings (SSSR count). The average molecular weight is 706 g/mol. The van der Waals surface area contributed by atoms with E-state index in [9.17, 15) is 34.5 Å². The van der Waals surface area contributed by atoms with Crippen LogP contribution in [0.2, 0.25) is 0 Å². The van der Waals surface area contributed by atoms with Gasteiger partial charge >= 0.3 is 14.5 Å². The van der Waals surface area contributed by atoms with E-state index in [0.717, 1.165) is 34.5 Å². The van der Waals surface area contributed by atoms with Gasteiger partial charge in [0.1, 0.15) is 34.5 Å². The molecule has 0 spiro atoms. The van der Waals surface area contributed by atoms with Crippen LogP contribution in [0.15, 0.2) is 146 Å².